The van der Waals surface area contributed by atoms with Crippen LogP contribution in [0.1, 0.15) is 11.1 Å². The van der Waals surface area contributed by atoms with E-state index in [1.54, 1.807) is 0 Å². The van der Waals surface area contributed by atoms with Gasteiger partial charge in [0.05, 0.1) is 0 Å². The maximum atomic E-state index is 3.91. The molecule has 0 aromatic heterocycles. The SMILES string of the molecule is [U+2].[U+2].[c-]1cc(N2c3ccccc3Cc3ccccc3N(c3ccc4c(c3)Nc3cccc5c3B4c3ccccc3N5)c3ccccc3[I-]c3ccccc32)c[c-]c1B(c1[c-]cccc1)c1[c-]cccc1. The average molecular weight is 1450 g/mol. The summed E-state index contributed by atoms with van der Waals surface area (Å²) in [5, 5.41) is 7.62. The summed E-state index contributed by atoms with van der Waals surface area (Å²) in [6.45, 7) is 0.0178. The van der Waals surface area contributed by atoms with Crippen molar-refractivity contribution in [1.82, 2.24) is 0 Å². The van der Waals surface area contributed by atoms with Crippen molar-refractivity contribution in [3.63, 3.8) is 0 Å². The minimum atomic E-state index is -0.734. The molecular formula is C61H40B2IN4U2-. The van der Waals surface area contributed by atoms with Crippen LogP contribution in [-0.4, -0.2) is 13.4 Å². The van der Waals surface area contributed by atoms with E-state index in [1.807, 2.05) is 24.3 Å². The Kier molecular flexibility index (Phi) is 13.5. The summed E-state index contributed by atoms with van der Waals surface area (Å²) in [5.74, 6) is 0. The summed E-state index contributed by atoms with van der Waals surface area (Å²) in [6, 6.07) is 93.5. The average Bonchev–Trinajstić information content (AvgIpc) is 3.39. The van der Waals surface area contributed by atoms with Crippen LogP contribution in [0.2, 0.25) is 0 Å². The number of hydrogen-bond donors (Lipinski definition) is 2. The normalized spacial score (nSPS) is 12.8. The van der Waals surface area contributed by atoms with Crippen LogP contribution >= 0.6 is 0 Å². The second kappa shape index (κ2) is 20.2. The van der Waals surface area contributed by atoms with Crippen molar-refractivity contribution >= 4 is 103 Å². The van der Waals surface area contributed by atoms with Crippen LogP contribution in [0, 0.1) is 93.6 Å². The molecule has 3 heterocycles. The molecule has 2 N–H and O–H groups in total. The van der Waals surface area contributed by atoms with E-state index in [1.165, 1.54) is 51.7 Å². The van der Waals surface area contributed by atoms with Gasteiger partial charge in [-0.15, -0.1) is 0 Å². The van der Waals surface area contributed by atoms with Crippen molar-refractivity contribution in [1.29, 1.82) is 0 Å². The molecule has 70 heavy (non-hydrogen) atoms. The molecule has 0 amide bonds. The van der Waals surface area contributed by atoms with E-state index in [2.05, 4.69) is 239 Å². The standard InChI is InChI=1S/C61H40B2IN4.2U/c1-3-20-44(21-4-1)62(45-22-5-2-6-23-45)46-34-36-47(37-35-46)67-57-30-13-7-18-42(57)40-43-19-8-14-31-58(43)68(60-33-16-11-26-52(60)64-51-25-10-15-32-59(51)67)48-38-39-50-56(41-48)66-55-29-17-28-54-61(55)63(50)49-24-9-12-27-53(49)65-54;;/h1-20,22,24-33,36-39,41,65-66H,40H2;;/q-5;2*+2. The Morgan fingerprint density at radius 2 is 0.943 bits per heavy atom. The van der Waals surface area contributed by atoms with Gasteiger partial charge in [0.1, 0.15) is 0 Å². The van der Waals surface area contributed by atoms with E-state index in [9.17, 15) is 0 Å². The number of nitrogens with one attached hydrogen (secondary N) is 2. The first-order chi connectivity index (χ1) is 33.7. The number of halogens is 1. The van der Waals surface area contributed by atoms with E-state index in [0.29, 0.717) is 6.42 Å². The third-order valence-corrected chi connectivity index (χ3v) is 16.4. The van der Waals surface area contributed by atoms with E-state index in [4.69, 9.17) is 0 Å². The summed E-state index contributed by atoms with van der Waals surface area (Å²) in [6.07, 6.45) is 0.713. The number of fused-ring (bicyclic) bond motifs is 8. The molecule has 0 saturated carbocycles. The van der Waals surface area contributed by atoms with Crippen molar-refractivity contribution in [2.45, 2.75) is 6.42 Å². The Labute approximate surface area is 469 Å². The van der Waals surface area contributed by atoms with Crippen LogP contribution in [0.25, 0.3) is 0 Å². The molecule has 0 saturated heterocycles. The first kappa shape index (κ1) is 46.7. The molecule has 3 aliphatic rings. The number of anilines is 10. The third-order valence-electron chi connectivity index (χ3n) is 13.4. The van der Waals surface area contributed by atoms with Crippen molar-refractivity contribution in [3.8, 4) is 0 Å². The summed E-state index contributed by atoms with van der Waals surface area (Å²) in [5.41, 5.74) is 20.8. The van der Waals surface area contributed by atoms with Crippen LogP contribution in [0.4, 0.5) is 56.9 Å². The molecule has 3 aliphatic heterocycles. The molecule has 0 radical (unpaired) electrons. The van der Waals surface area contributed by atoms with Gasteiger partial charge < -0.3 is 0 Å². The van der Waals surface area contributed by atoms with Crippen molar-refractivity contribution in [2.75, 3.05) is 20.4 Å². The molecule has 0 unspecified atom stereocenters. The van der Waals surface area contributed by atoms with Gasteiger partial charge in [0.25, 0.3) is 0 Å². The predicted molar refractivity (Wildman–Crippen MR) is 279 cm³/mol. The van der Waals surface area contributed by atoms with Gasteiger partial charge in [-0.25, -0.2) is 0 Å². The fourth-order valence-electron chi connectivity index (χ4n) is 10.4. The molecular weight excluding hydrogens is 1410 g/mol. The molecule has 326 valence electrons. The molecule has 0 bridgehead atoms. The number of para-hydroxylation sites is 5. The zero-order chi connectivity index (χ0) is 45.0. The van der Waals surface area contributed by atoms with Gasteiger partial charge in [-0.2, -0.15) is 0 Å². The molecule has 4 nitrogen and oxygen atoms in total. The summed E-state index contributed by atoms with van der Waals surface area (Å²) in [4.78, 5) is 4.97. The second-order valence-corrected chi connectivity index (χ2v) is 20.3. The van der Waals surface area contributed by atoms with Crippen molar-refractivity contribution in [2.24, 2.45) is 0 Å². The fourth-order valence-corrected chi connectivity index (χ4v) is 13.2. The first-order valence-electron chi connectivity index (χ1n) is 23.1. The number of nitrogens with zero attached hydrogens (tertiary/aromatic N) is 2. The Bertz CT molecular complexity index is 3390. The Balaban J connectivity index is 0.00000267. The van der Waals surface area contributed by atoms with Crippen LogP contribution in [-0.2, 0) is 6.42 Å². The topological polar surface area (TPSA) is 30.5 Å². The minimum absolute atomic E-state index is 0. The quantitative estimate of drug-likeness (QED) is 0.111. The zero-order valence-electron chi connectivity index (χ0n) is 37.9. The maximum absolute atomic E-state index is 3.91. The van der Waals surface area contributed by atoms with E-state index in [-0.39, 0.29) is 75.7 Å². The Morgan fingerprint density at radius 3 is 1.56 bits per heavy atom. The summed E-state index contributed by atoms with van der Waals surface area (Å²) < 4.78 is 2.66. The zero-order valence-corrected chi connectivity index (χ0v) is 48.4. The number of hydrogen-bond acceptors (Lipinski definition) is 4. The number of rotatable bonds is 5. The van der Waals surface area contributed by atoms with Gasteiger partial charge in [-0.1, -0.05) is 0 Å². The molecule has 0 atom stereocenters. The molecule has 10 aromatic rings. The number of benzene rings is 10. The van der Waals surface area contributed by atoms with Gasteiger partial charge >= 0.3 is 474 Å². The van der Waals surface area contributed by atoms with Gasteiger partial charge in [-0.05, 0) is 0 Å². The first-order valence-corrected chi connectivity index (χ1v) is 25.2. The van der Waals surface area contributed by atoms with Crippen LogP contribution in [0.15, 0.2) is 218 Å². The van der Waals surface area contributed by atoms with E-state index in [0.717, 1.165) is 56.2 Å². The van der Waals surface area contributed by atoms with Crippen molar-refractivity contribution in [3.05, 3.63) is 261 Å². The second-order valence-electron chi connectivity index (χ2n) is 17.4. The van der Waals surface area contributed by atoms with E-state index >= 15 is 0 Å². The van der Waals surface area contributed by atoms with Gasteiger partial charge in [0.15, 0.2) is 0 Å². The molecule has 0 aliphatic carbocycles. The predicted octanol–water partition coefficient (Wildman–Crippen LogP) is 7.01. The Hall–Kier alpha value is -5.64. The van der Waals surface area contributed by atoms with Crippen molar-refractivity contribution < 1.29 is 83.4 Å². The molecule has 9 heteroatoms. The summed E-state index contributed by atoms with van der Waals surface area (Å²) in [7, 11) is 0. The van der Waals surface area contributed by atoms with E-state index < -0.39 is 21.2 Å². The molecule has 10 aromatic carbocycles. The van der Waals surface area contributed by atoms with Crippen LogP contribution < -0.4 is 74.4 Å². The van der Waals surface area contributed by atoms with Crippen LogP contribution in [0.5, 0.6) is 0 Å². The third kappa shape index (κ3) is 8.48. The monoisotopic (exact) mass is 1450 g/mol. The fraction of sp³-hybridized carbons (Fsp3) is 0.0164. The van der Waals surface area contributed by atoms with Gasteiger partial charge in [-0.3, -0.25) is 0 Å². The van der Waals surface area contributed by atoms with Gasteiger partial charge in [0, 0.05) is 0 Å². The molecule has 0 spiro atoms. The van der Waals surface area contributed by atoms with Gasteiger partial charge in [0.2, 0.25) is 0 Å². The Morgan fingerprint density at radius 1 is 0.443 bits per heavy atom. The summed E-state index contributed by atoms with van der Waals surface area (Å²) >= 11 is -0.734. The molecule has 0 fully saturated rings. The molecule has 13 rings (SSSR count). The van der Waals surface area contributed by atoms with Crippen LogP contribution in [0.3, 0.4) is 0 Å².